The van der Waals surface area contributed by atoms with Gasteiger partial charge in [-0.05, 0) is 25.1 Å². The van der Waals surface area contributed by atoms with Crippen molar-refractivity contribution in [3.8, 4) is 0 Å². The van der Waals surface area contributed by atoms with E-state index in [4.69, 9.17) is 5.73 Å². The topological polar surface area (TPSA) is 39.2 Å². The molecule has 2 nitrogen and oxygen atoms in total. The van der Waals surface area contributed by atoms with Crippen molar-refractivity contribution in [1.29, 1.82) is 0 Å². The van der Waals surface area contributed by atoms with Crippen molar-refractivity contribution in [3.63, 3.8) is 0 Å². The lowest BCUT2D eigenvalue weighted by atomic mass is 10.3. The summed E-state index contributed by atoms with van der Waals surface area (Å²) < 4.78 is 40.7. The Hall–Kier alpha value is -1.23. The molecule has 1 unspecified atom stereocenters. The summed E-state index contributed by atoms with van der Waals surface area (Å²) in [6.07, 6.45) is -1.46. The molecule has 0 aliphatic carbocycles. The number of alkyl halides is 3. The van der Waals surface area contributed by atoms with Gasteiger partial charge in [0.25, 0.3) is 0 Å². The Morgan fingerprint density at radius 2 is 2.07 bits per heavy atom. The Labute approximate surface area is 79.2 Å². The second kappa shape index (κ2) is 3.88. The van der Waals surface area contributed by atoms with Gasteiger partial charge in [-0.15, -0.1) is 0 Å². The Bertz CT molecular complexity index is 325. The fraction of sp³-hybridized carbons (Fsp3) is 0.333. The van der Waals surface area contributed by atoms with Crippen molar-refractivity contribution in [1.82, 2.24) is 0 Å². The van der Waals surface area contributed by atoms with E-state index in [-0.39, 0.29) is 11.8 Å². The Morgan fingerprint density at radius 3 is 2.50 bits per heavy atom. The first-order chi connectivity index (χ1) is 6.39. The van der Waals surface area contributed by atoms with E-state index in [1.54, 1.807) is 13.0 Å². The normalized spacial score (nSPS) is 14.9. The first-order valence-corrected chi connectivity index (χ1v) is 4.00. The van der Waals surface area contributed by atoms with Crippen LogP contribution in [0.2, 0.25) is 0 Å². The van der Waals surface area contributed by atoms with Gasteiger partial charge >= 0.3 is 6.18 Å². The molecule has 0 fully saturated rings. The zero-order valence-electron chi connectivity index (χ0n) is 7.51. The third-order valence-corrected chi connectivity index (χ3v) is 1.47. The molecule has 14 heavy (non-hydrogen) atoms. The van der Waals surface area contributed by atoms with Crippen LogP contribution in [0, 0.1) is 0 Å². The molecule has 0 radical (unpaired) electrons. The molecular formula is C9H10F3NO. The molecule has 0 saturated carbocycles. The molecule has 2 N–H and O–H groups in total. The van der Waals surface area contributed by atoms with Crippen molar-refractivity contribution in [2.45, 2.75) is 19.1 Å². The summed E-state index contributed by atoms with van der Waals surface area (Å²) in [6, 6.07) is 1.93. The monoisotopic (exact) mass is 205 g/mol. The number of hydrogen-bond acceptors (Lipinski definition) is 2. The van der Waals surface area contributed by atoms with Crippen LogP contribution in [0.25, 0.3) is 6.08 Å². The number of hydrogen-bond donors (Lipinski definition) is 1. The standard InChI is InChI=1S/C9H10F3NO/c1-6(13)2-3-7-4-5-8(14-7)9(10,11)12/h2-6H,13H2,1H3/b3-2+. The highest BCUT2D eigenvalue weighted by atomic mass is 19.4. The smallest absolute Gasteiger partial charge is 0.449 e. The van der Waals surface area contributed by atoms with Crippen molar-refractivity contribution in [3.05, 3.63) is 29.7 Å². The highest BCUT2D eigenvalue weighted by molar-refractivity contribution is 5.43. The van der Waals surface area contributed by atoms with Crippen LogP contribution < -0.4 is 5.73 Å². The summed E-state index contributed by atoms with van der Waals surface area (Å²) in [5.74, 6) is -0.851. The molecule has 0 amide bonds. The summed E-state index contributed by atoms with van der Waals surface area (Å²) in [7, 11) is 0. The predicted octanol–water partition coefficient (Wildman–Crippen LogP) is 2.66. The summed E-state index contributed by atoms with van der Waals surface area (Å²) in [5, 5.41) is 0. The number of nitrogens with two attached hydrogens (primary N) is 1. The van der Waals surface area contributed by atoms with Crippen LogP contribution in [0.1, 0.15) is 18.4 Å². The van der Waals surface area contributed by atoms with E-state index in [0.717, 1.165) is 6.07 Å². The van der Waals surface area contributed by atoms with Crippen LogP contribution in [-0.2, 0) is 6.18 Å². The van der Waals surface area contributed by atoms with E-state index in [0.29, 0.717) is 0 Å². The first kappa shape index (κ1) is 10.8. The molecule has 1 atom stereocenters. The van der Waals surface area contributed by atoms with Gasteiger partial charge in [0.05, 0.1) is 0 Å². The largest absolute Gasteiger partial charge is 0.452 e. The molecule has 1 heterocycles. The second-order valence-electron chi connectivity index (χ2n) is 2.92. The zero-order valence-corrected chi connectivity index (χ0v) is 7.51. The van der Waals surface area contributed by atoms with E-state index in [1.165, 1.54) is 12.1 Å². The molecule has 1 aromatic heterocycles. The van der Waals surface area contributed by atoms with Gasteiger partial charge in [-0.25, -0.2) is 0 Å². The van der Waals surface area contributed by atoms with Gasteiger partial charge in [-0.2, -0.15) is 13.2 Å². The second-order valence-corrected chi connectivity index (χ2v) is 2.92. The molecule has 5 heteroatoms. The fourth-order valence-corrected chi connectivity index (χ4v) is 0.841. The number of halogens is 3. The van der Waals surface area contributed by atoms with Gasteiger partial charge in [-0.1, -0.05) is 6.08 Å². The number of rotatable bonds is 2. The van der Waals surface area contributed by atoms with E-state index in [1.807, 2.05) is 0 Å². The minimum Gasteiger partial charge on any atom is -0.452 e. The molecular weight excluding hydrogens is 195 g/mol. The van der Waals surface area contributed by atoms with E-state index < -0.39 is 11.9 Å². The summed E-state index contributed by atoms with van der Waals surface area (Å²) >= 11 is 0. The van der Waals surface area contributed by atoms with Crippen LogP contribution in [0.3, 0.4) is 0 Å². The molecule has 78 valence electrons. The molecule has 1 aromatic rings. The van der Waals surface area contributed by atoms with E-state index in [2.05, 4.69) is 4.42 Å². The van der Waals surface area contributed by atoms with Crippen molar-refractivity contribution in [2.24, 2.45) is 5.73 Å². The van der Waals surface area contributed by atoms with Crippen molar-refractivity contribution in [2.75, 3.05) is 0 Å². The maximum absolute atomic E-state index is 12.1. The van der Waals surface area contributed by atoms with Gasteiger partial charge in [-0.3, -0.25) is 0 Å². The van der Waals surface area contributed by atoms with Gasteiger partial charge < -0.3 is 10.2 Å². The zero-order chi connectivity index (χ0) is 10.8. The molecule has 1 rings (SSSR count). The van der Waals surface area contributed by atoms with Gasteiger partial charge in [0.2, 0.25) is 5.76 Å². The third kappa shape index (κ3) is 2.92. The third-order valence-electron chi connectivity index (χ3n) is 1.47. The maximum atomic E-state index is 12.1. The molecule has 0 saturated heterocycles. The van der Waals surface area contributed by atoms with Crippen molar-refractivity contribution < 1.29 is 17.6 Å². The van der Waals surface area contributed by atoms with E-state index in [9.17, 15) is 13.2 Å². The van der Waals surface area contributed by atoms with Crippen molar-refractivity contribution >= 4 is 6.08 Å². The van der Waals surface area contributed by atoms with E-state index >= 15 is 0 Å². The summed E-state index contributed by atoms with van der Waals surface area (Å²) in [6.45, 7) is 1.71. The van der Waals surface area contributed by atoms with Gasteiger partial charge in [0.1, 0.15) is 5.76 Å². The summed E-state index contributed by atoms with van der Waals surface area (Å²) in [4.78, 5) is 0. The lowest BCUT2D eigenvalue weighted by Gasteiger charge is -1.99. The average Bonchev–Trinajstić information content (AvgIpc) is 2.47. The molecule has 0 bridgehead atoms. The molecule has 0 aliphatic heterocycles. The molecule has 0 spiro atoms. The predicted molar refractivity (Wildman–Crippen MR) is 46.4 cm³/mol. The lowest BCUT2D eigenvalue weighted by Crippen LogP contribution is -2.09. The first-order valence-electron chi connectivity index (χ1n) is 4.00. The van der Waals surface area contributed by atoms with Crippen LogP contribution in [0.15, 0.2) is 22.6 Å². The van der Waals surface area contributed by atoms with Crippen LogP contribution in [-0.4, -0.2) is 6.04 Å². The Balaban J connectivity index is 2.79. The van der Waals surface area contributed by atoms with Crippen LogP contribution in [0.4, 0.5) is 13.2 Å². The van der Waals surface area contributed by atoms with Crippen LogP contribution >= 0.6 is 0 Å². The molecule has 0 aliphatic rings. The minimum atomic E-state index is -4.43. The average molecular weight is 205 g/mol. The fourth-order valence-electron chi connectivity index (χ4n) is 0.841. The lowest BCUT2D eigenvalue weighted by molar-refractivity contribution is -0.153. The van der Waals surface area contributed by atoms with Gasteiger partial charge in [0.15, 0.2) is 0 Å². The quantitative estimate of drug-likeness (QED) is 0.806. The minimum absolute atomic E-state index is 0.148. The highest BCUT2D eigenvalue weighted by Gasteiger charge is 2.34. The highest BCUT2D eigenvalue weighted by Crippen LogP contribution is 2.30. The summed E-state index contributed by atoms with van der Waals surface area (Å²) in [5.41, 5.74) is 5.38. The SMILES string of the molecule is CC(N)/C=C/c1ccc(C(F)(F)F)o1. The van der Waals surface area contributed by atoms with Crippen LogP contribution in [0.5, 0.6) is 0 Å². The maximum Gasteiger partial charge on any atom is 0.449 e. The Morgan fingerprint density at radius 1 is 1.43 bits per heavy atom. The number of furan rings is 1. The Kier molecular flexibility index (Phi) is 3.00. The molecule has 0 aromatic carbocycles. The van der Waals surface area contributed by atoms with Gasteiger partial charge in [0, 0.05) is 6.04 Å².